The van der Waals surface area contributed by atoms with Crippen LogP contribution in [0.2, 0.25) is 0 Å². The van der Waals surface area contributed by atoms with E-state index in [1.807, 2.05) is 38.1 Å². The summed E-state index contributed by atoms with van der Waals surface area (Å²) in [7, 11) is 0. The van der Waals surface area contributed by atoms with Crippen molar-refractivity contribution < 1.29 is 4.79 Å². The van der Waals surface area contributed by atoms with E-state index in [2.05, 4.69) is 47.4 Å². The summed E-state index contributed by atoms with van der Waals surface area (Å²) in [5.41, 5.74) is 2.54. The zero-order valence-electron chi connectivity index (χ0n) is 21.1. The van der Waals surface area contributed by atoms with Crippen molar-refractivity contribution >= 4 is 23.2 Å². The van der Waals surface area contributed by atoms with Crippen molar-refractivity contribution in [3.05, 3.63) is 82.7 Å². The molecule has 190 valence electrons. The molecule has 1 atom stereocenters. The second-order valence-corrected chi connectivity index (χ2v) is 9.05. The first kappa shape index (κ1) is 24.2. The number of hydrogen-bond donors (Lipinski definition) is 1. The maximum atomic E-state index is 13.1. The van der Waals surface area contributed by atoms with Crippen LogP contribution in [0.1, 0.15) is 24.4 Å². The van der Waals surface area contributed by atoms with Crippen LogP contribution in [0, 0.1) is 13.8 Å². The van der Waals surface area contributed by atoms with Gasteiger partial charge in [-0.05, 0) is 45.0 Å². The van der Waals surface area contributed by atoms with E-state index in [4.69, 9.17) is 0 Å². The summed E-state index contributed by atoms with van der Waals surface area (Å²) in [5, 5.41) is 11.6. The zero-order valence-corrected chi connectivity index (χ0v) is 21.1. The molecule has 11 heteroatoms. The number of benzene rings is 1. The molecule has 0 spiro atoms. The van der Waals surface area contributed by atoms with E-state index in [9.17, 15) is 9.59 Å². The molecular weight excluding hydrogens is 470 g/mol. The van der Waals surface area contributed by atoms with Crippen molar-refractivity contribution in [2.75, 3.05) is 41.3 Å². The van der Waals surface area contributed by atoms with E-state index < -0.39 is 11.9 Å². The predicted octanol–water partition coefficient (Wildman–Crippen LogP) is 2.36. The van der Waals surface area contributed by atoms with Gasteiger partial charge in [-0.1, -0.05) is 18.2 Å². The molecule has 1 amide bonds. The molecule has 4 aromatic rings. The maximum Gasteiger partial charge on any atom is 0.267 e. The van der Waals surface area contributed by atoms with E-state index in [1.165, 1.54) is 18.1 Å². The minimum Gasteiger partial charge on any atom is -0.368 e. The van der Waals surface area contributed by atoms with Crippen molar-refractivity contribution in [1.82, 2.24) is 29.5 Å². The Hall–Kier alpha value is -4.54. The summed E-state index contributed by atoms with van der Waals surface area (Å²) in [6.07, 6.45) is 1.44. The molecule has 1 fully saturated rings. The van der Waals surface area contributed by atoms with Gasteiger partial charge in [0.05, 0.1) is 5.69 Å². The van der Waals surface area contributed by atoms with Crippen molar-refractivity contribution in [2.45, 2.75) is 26.8 Å². The monoisotopic (exact) mass is 499 g/mol. The number of para-hydroxylation sites is 1. The summed E-state index contributed by atoms with van der Waals surface area (Å²) in [4.78, 5) is 38.7. The highest BCUT2D eigenvalue weighted by Gasteiger charge is 2.22. The van der Waals surface area contributed by atoms with Gasteiger partial charge in [-0.15, -0.1) is 5.10 Å². The molecule has 1 N–H and O–H groups in total. The third kappa shape index (κ3) is 5.20. The van der Waals surface area contributed by atoms with Crippen LogP contribution in [0.25, 0.3) is 5.82 Å². The molecule has 0 saturated carbocycles. The van der Waals surface area contributed by atoms with E-state index in [-0.39, 0.29) is 5.56 Å². The standard InChI is InChI=1S/C26H29N9O2/c1-18-15-19(2)34(30-18)23-9-10-25(36)35(31-23)20(3)26(37)29-22-16-24(28-17-27-22)33-13-11-32(12-14-33)21-7-5-4-6-8-21/h4-10,15-17,20H,11-14H2,1-3H3,(H,27,28,29,37). The van der Waals surface area contributed by atoms with Gasteiger partial charge in [0, 0.05) is 49.7 Å². The fourth-order valence-electron chi connectivity index (χ4n) is 4.43. The lowest BCUT2D eigenvalue weighted by Crippen LogP contribution is -2.46. The van der Waals surface area contributed by atoms with Gasteiger partial charge in [0.25, 0.3) is 5.56 Å². The van der Waals surface area contributed by atoms with Crippen LogP contribution in [-0.4, -0.2) is 61.6 Å². The number of nitrogens with zero attached hydrogens (tertiary/aromatic N) is 8. The second kappa shape index (κ2) is 10.2. The molecule has 37 heavy (non-hydrogen) atoms. The average molecular weight is 500 g/mol. The number of rotatable bonds is 6. The molecular formula is C26H29N9O2. The largest absolute Gasteiger partial charge is 0.368 e. The molecule has 1 aliphatic heterocycles. The SMILES string of the molecule is Cc1cc(C)n(-c2ccc(=O)n(C(C)C(=O)Nc3cc(N4CCN(c5ccccc5)CC4)ncn3)n2)n1. The highest BCUT2D eigenvalue weighted by molar-refractivity contribution is 5.92. The Labute approximate surface area is 214 Å². The molecule has 1 saturated heterocycles. The van der Waals surface area contributed by atoms with Gasteiger partial charge < -0.3 is 15.1 Å². The molecule has 1 aliphatic rings. The van der Waals surface area contributed by atoms with Gasteiger partial charge in [-0.3, -0.25) is 9.59 Å². The number of piperazine rings is 1. The second-order valence-electron chi connectivity index (χ2n) is 9.05. The highest BCUT2D eigenvalue weighted by atomic mass is 16.2. The first-order chi connectivity index (χ1) is 17.9. The lowest BCUT2D eigenvalue weighted by Gasteiger charge is -2.36. The molecule has 3 aromatic heterocycles. The number of anilines is 3. The minimum absolute atomic E-state index is 0.370. The summed E-state index contributed by atoms with van der Waals surface area (Å²) in [6.45, 7) is 8.75. The van der Waals surface area contributed by atoms with Crippen LogP contribution >= 0.6 is 0 Å². The van der Waals surface area contributed by atoms with Crippen LogP contribution in [0.15, 0.2) is 65.7 Å². The van der Waals surface area contributed by atoms with E-state index in [1.54, 1.807) is 23.7 Å². The first-order valence-corrected chi connectivity index (χ1v) is 12.2. The Morgan fingerprint density at radius 2 is 1.62 bits per heavy atom. The van der Waals surface area contributed by atoms with Crippen LogP contribution in [-0.2, 0) is 4.79 Å². The van der Waals surface area contributed by atoms with E-state index in [0.29, 0.717) is 11.6 Å². The van der Waals surface area contributed by atoms with Gasteiger partial charge in [-0.25, -0.2) is 19.3 Å². The number of carbonyl (C=O) groups excluding carboxylic acids is 1. The normalized spacial score (nSPS) is 14.5. The number of hydrogen-bond acceptors (Lipinski definition) is 8. The van der Waals surface area contributed by atoms with Crippen molar-refractivity contribution in [1.29, 1.82) is 0 Å². The van der Waals surface area contributed by atoms with Gasteiger partial charge >= 0.3 is 0 Å². The Morgan fingerprint density at radius 1 is 0.892 bits per heavy atom. The number of carbonyl (C=O) groups is 1. The highest BCUT2D eigenvalue weighted by Crippen LogP contribution is 2.20. The lowest BCUT2D eigenvalue weighted by atomic mass is 10.2. The van der Waals surface area contributed by atoms with Gasteiger partial charge in [-0.2, -0.15) is 5.10 Å². The number of amides is 1. The van der Waals surface area contributed by atoms with Gasteiger partial charge in [0.15, 0.2) is 5.82 Å². The number of aromatic nitrogens is 6. The molecule has 0 radical (unpaired) electrons. The third-order valence-electron chi connectivity index (χ3n) is 6.41. The summed E-state index contributed by atoms with van der Waals surface area (Å²) in [6, 6.07) is 16.1. The van der Waals surface area contributed by atoms with E-state index in [0.717, 1.165) is 48.1 Å². The van der Waals surface area contributed by atoms with Gasteiger partial charge in [0.1, 0.15) is 24.0 Å². The minimum atomic E-state index is -0.864. The van der Waals surface area contributed by atoms with Crippen molar-refractivity contribution in [3.63, 3.8) is 0 Å². The van der Waals surface area contributed by atoms with Crippen LogP contribution in [0.3, 0.4) is 0 Å². The molecule has 0 aliphatic carbocycles. The Bertz CT molecular complexity index is 1460. The van der Waals surface area contributed by atoms with Crippen LogP contribution < -0.4 is 20.7 Å². The average Bonchev–Trinajstić information content (AvgIpc) is 3.27. The Morgan fingerprint density at radius 3 is 2.32 bits per heavy atom. The lowest BCUT2D eigenvalue weighted by molar-refractivity contribution is -0.119. The van der Waals surface area contributed by atoms with E-state index >= 15 is 0 Å². The Balaban J connectivity index is 1.27. The number of aryl methyl sites for hydroxylation is 2. The first-order valence-electron chi connectivity index (χ1n) is 12.2. The quantitative estimate of drug-likeness (QED) is 0.430. The predicted molar refractivity (Wildman–Crippen MR) is 141 cm³/mol. The Kier molecular flexibility index (Phi) is 6.67. The fraction of sp³-hybridized carbons (Fsp3) is 0.308. The van der Waals surface area contributed by atoms with Crippen molar-refractivity contribution in [3.8, 4) is 5.82 Å². The molecule has 0 bridgehead atoms. The maximum absolute atomic E-state index is 13.1. The molecule has 1 unspecified atom stereocenters. The molecule has 11 nitrogen and oxygen atoms in total. The van der Waals surface area contributed by atoms with Crippen LogP contribution in [0.5, 0.6) is 0 Å². The fourth-order valence-corrected chi connectivity index (χ4v) is 4.43. The summed E-state index contributed by atoms with van der Waals surface area (Å²) >= 11 is 0. The van der Waals surface area contributed by atoms with Crippen molar-refractivity contribution in [2.24, 2.45) is 0 Å². The third-order valence-corrected chi connectivity index (χ3v) is 6.41. The summed E-state index contributed by atoms with van der Waals surface area (Å²) < 4.78 is 2.80. The van der Waals surface area contributed by atoms with Crippen LogP contribution in [0.4, 0.5) is 17.3 Å². The number of nitrogens with one attached hydrogen (secondary N) is 1. The summed E-state index contributed by atoms with van der Waals surface area (Å²) in [5.74, 6) is 1.17. The topological polar surface area (TPSA) is 114 Å². The molecule has 5 rings (SSSR count). The molecule has 4 heterocycles. The smallest absolute Gasteiger partial charge is 0.267 e. The zero-order chi connectivity index (χ0) is 25.9. The van der Waals surface area contributed by atoms with Gasteiger partial charge in [0.2, 0.25) is 5.91 Å². The molecule has 1 aromatic carbocycles.